The first kappa shape index (κ1) is 9.57. The molecule has 2 rings (SSSR count). The summed E-state index contributed by atoms with van der Waals surface area (Å²) in [6, 6.07) is 3.91. The van der Waals surface area contributed by atoms with Gasteiger partial charge in [-0.25, -0.2) is 0 Å². The summed E-state index contributed by atoms with van der Waals surface area (Å²) in [6.07, 6.45) is 3.71. The highest BCUT2D eigenvalue weighted by Gasteiger charge is 1.99. The molecule has 0 aliphatic heterocycles. The molecule has 2 heterocycles. The van der Waals surface area contributed by atoms with Crippen LogP contribution in [0.15, 0.2) is 28.9 Å². The van der Waals surface area contributed by atoms with Crippen LogP contribution in [0.3, 0.4) is 0 Å². The molecule has 5 heteroatoms. The summed E-state index contributed by atoms with van der Waals surface area (Å²) in [5.41, 5.74) is 0.999. The van der Waals surface area contributed by atoms with Crippen molar-refractivity contribution in [3.8, 4) is 0 Å². The van der Waals surface area contributed by atoms with E-state index in [0.29, 0.717) is 6.54 Å². The van der Waals surface area contributed by atoms with Crippen molar-refractivity contribution < 1.29 is 4.42 Å². The van der Waals surface area contributed by atoms with Crippen LogP contribution in [0.25, 0.3) is 0 Å². The van der Waals surface area contributed by atoms with Gasteiger partial charge in [0.2, 0.25) is 0 Å². The van der Waals surface area contributed by atoms with Crippen LogP contribution >= 0.6 is 22.6 Å². The lowest BCUT2D eigenvalue weighted by atomic mass is 10.4. The zero-order valence-electron chi connectivity index (χ0n) is 7.70. The largest absolute Gasteiger partial charge is 0.454 e. The van der Waals surface area contributed by atoms with E-state index in [2.05, 4.69) is 33.0 Å². The minimum atomic E-state index is 0.689. The molecule has 0 spiro atoms. The highest BCUT2D eigenvalue weighted by molar-refractivity contribution is 14.1. The fourth-order valence-corrected chi connectivity index (χ4v) is 1.61. The summed E-state index contributed by atoms with van der Waals surface area (Å²) in [4.78, 5) is 0. The van der Waals surface area contributed by atoms with Gasteiger partial charge in [-0.05, 0) is 34.7 Å². The molecule has 74 valence electrons. The van der Waals surface area contributed by atoms with E-state index in [-0.39, 0.29) is 0 Å². The Morgan fingerprint density at radius 2 is 2.43 bits per heavy atom. The zero-order chi connectivity index (χ0) is 9.97. The minimum Gasteiger partial charge on any atom is -0.454 e. The van der Waals surface area contributed by atoms with Crippen molar-refractivity contribution >= 4 is 28.3 Å². The molecule has 4 nitrogen and oxygen atoms in total. The van der Waals surface area contributed by atoms with Gasteiger partial charge in [0, 0.05) is 13.2 Å². The fraction of sp³-hybridized carbons (Fsp3) is 0.222. The fourth-order valence-electron chi connectivity index (χ4n) is 1.15. The minimum absolute atomic E-state index is 0.689. The van der Waals surface area contributed by atoms with E-state index in [4.69, 9.17) is 4.42 Å². The Morgan fingerprint density at radius 3 is 3.00 bits per heavy atom. The van der Waals surface area contributed by atoms with Gasteiger partial charge in [-0.3, -0.25) is 4.68 Å². The first-order chi connectivity index (χ1) is 6.74. The van der Waals surface area contributed by atoms with Crippen LogP contribution in [0.2, 0.25) is 0 Å². The predicted molar refractivity (Wildman–Crippen MR) is 62.0 cm³/mol. The monoisotopic (exact) mass is 303 g/mol. The van der Waals surface area contributed by atoms with Gasteiger partial charge in [0.15, 0.2) is 3.77 Å². The van der Waals surface area contributed by atoms with E-state index in [1.54, 1.807) is 10.9 Å². The molecule has 0 aliphatic rings. The number of nitrogens with one attached hydrogen (secondary N) is 1. The average molecular weight is 303 g/mol. The molecule has 0 saturated heterocycles. The average Bonchev–Trinajstić information content (AvgIpc) is 2.72. The topological polar surface area (TPSA) is 43.0 Å². The van der Waals surface area contributed by atoms with E-state index < -0.39 is 0 Å². The molecule has 2 aromatic rings. The van der Waals surface area contributed by atoms with Crippen LogP contribution in [0.4, 0.5) is 5.69 Å². The normalized spacial score (nSPS) is 10.4. The number of aromatic nitrogens is 2. The predicted octanol–water partition coefficient (Wildman–Crippen LogP) is 2.23. The highest BCUT2D eigenvalue weighted by atomic mass is 127. The van der Waals surface area contributed by atoms with Gasteiger partial charge in [0.1, 0.15) is 5.76 Å². The van der Waals surface area contributed by atoms with Crippen molar-refractivity contribution in [1.29, 1.82) is 0 Å². The smallest absolute Gasteiger partial charge is 0.164 e. The number of nitrogens with zero attached hydrogens (tertiary/aromatic N) is 2. The van der Waals surface area contributed by atoms with E-state index >= 15 is 0 Å². The van der Waals surface area contributed by atoms with E-state index in [9.17, 15) is 0 Å². The van der Waals surface area contributed by atoms with Crippen molar-refractivity contribution in [1.82, 2.24) is 9.78 Å². The SMILES string of the molecule is Cn1cc(NCc2ccc(I)o2)cn1. The third-order valence-electron chi connectivity index (χ3n) is 1.80. The Morgan fingerprint density at radius 1 is 1.57 bits per heavy atom. The van der Waals surface area contributed by atoms with Crippen LogP contribution in [-0.2, 0) is 13.6 Å². The summed E-state index contributed by atoms with van der Waals surface area (Å²) in [5, 5.41) is 7.27. The Kier molecular flexibility index (Phi) is 2.76. The number of rotatable bonds is 3. The molecule has 0 aromatic carbocycles. The Bertz CT molecular complexity index is 381. The van der Waals surface area contributed by atoms with Crippen molar-refractivity contribution in [3.05, 3.63) is 34.1 Å². The van der Waals surface area contributed by atoms with E-state index in [0.717, 1.165) is 15.2 Å². The Labute approximate surface area is 95.4 Å². The summed E-state index contributed by atoms with van der Waals surface area (Å²) in [5.74, 6) is 0.929. The lowest BCUT2D eigenvalue weighted by Gasteiger charge is -1.98. The molecule has 1 N–H and O–H groups in total. The summed E-state index contributed by atoms with van der Waals surface area (Å²) in [6.45, 7) is 0.689. The summed E-state index contributed by atoms with van der Waals surface area (Å²) >= 11 is 2.15. The van der Waals surface area contributed by atoms with Gasteiger partial charge in [0.05, 0.1) is 18.4 Å². The molecule has 14 heavy (non-hydrogen) atoms. The maximum Gasteiger partial charge on any atom is 0.164 e. The molecule has 0 unspecified atom stereocenters. The van der Waals surface area contributed by atoms with Gasteiger partial charge in [-0.1, -0.05) is 0 Å². The van der Waals surface area contributed by atoms with Crippen LogP contribution in [0.5, 0.6) is 0 Å². The van der Waals surface area contributed by atoms with Gasteiger partial charge < -0.3 is 9.73 Å². The van der Waals surface area contributed by atoms with Gasteiger partial charge >= 0.3 is 0 Å². The quantitative estimate of drug-likeness (QED) is 0.884. The van der Waals surface area contributed by atoms with Gasteiger partial charge in [0.25, 0.3) is 0 Å². The second-order valence-electron chi connectivity index (χ2n) is 2.96. The highest BCUT2D eigenvalue weighted by Crippen LogP contribution is 2.12. The maximum absolute atomic E-state index is 5.41. The number of hydrogen-bond acceptors (Lipinski definition) is 3. The molecule has 0 bridgehead atoms. The lowest BCUT2D eigenvalue weighted by Crippen LogP contribution is -1.96. The van der Waals surface area contributed by atoms with Crippen molar-refractivity contribution in [3.63, 3.8) is 0 Å². The van der Waals surface area contributed by atoms with E-state index in [1.807, 2.05) is 25.4 Å². The number of hydrogen-bond donors (Lipinski definition) is 1. The molecule has 0 fully saturated rings. The second-order valence-corrected chi connectivity index (χ2v) is 4.03. The van der Waals surface area contributed by atoms with Gasteiger partial charge in [-0.2, -0.15) is 5.10 Å². The number of halogens is 1. The standard InChI is InChI=1S/C9H10IN3O/c1-13-6-7(4-12-13)11-5-8-2-3-9(10)14-8/h2-4,6,11H,5H2,1H3. The molecule has 0 radical (unpaired) electrons. The Balaban J connectivity index is 1.94. The maximum atomic E-state index is 5.41. The van der Waals surface area contributed by atoms with Crippen LogP contribution in [-0.4, -0.2) is 9.78 Å². The lowest BCUT2D eigenvalue weighted by molar-refractivity contribution is 0.493. The summed E-state index contributed by atoms with van der Waals surface area (Å²) < 4.78 is 8.08. The molecule has 0 saturated carbocycles. The number of furan rings is 1. The Hall–Kier alpha value is -0.980. The first-order valence-electron chi connectivity index (χ1n) is 4.21. The number of aryl methyl sites for hydroxylation is 1. The summed E-state index contributed by atoms with van der Waals surface area (Å²) in [7, 11) is 1.89. The molecule has 2 aromatic heterocycles. The third-order valence-corrected chi connectivity index (χ3v) is 2.38. The third kappa shape index (κ3) is 2.28. The van der Waals surface area contributed by atoms with E-state index in [1.165, 1.54) is 0 Å². The van der Waals surface area contributed by atoms with Crippen molar-refractivity contribution in [2.45, 2.75) is 6.54 Å². The zero-order valence-corrected chi connectivity index (χ0v) is 9.85. The molecule has 0 aliphatic carbocycles. The molecular weight excluding hydrogens is 293 g/mol. The van der Waals surface area contributed by atoms with Crippen LogP contribution in [0.1, 0.15) is 5.76 Å². The molecule has 0 atom stereocenters. The van der Waals surface area contributed by atoms with Crippen LogP contribution in [0, 0.1) is 3.77 Å². The molecule has 0 amide bonds. The van der Waals surface area contributed by atoms with Gasteiger partial charge in [-0.15, -0.1) is 0 Å². The number of anilines is 1. The van der Waals surface area contributed by atoms with Crippen molar-refractivity contribution in [2.75, 3.05) is 5.32 Å². The first-order valence-corrected chi connectivity index (χ1v) is 5.28. The molecular formula is C9H10IN3O. The second kappa shape index (κ2) is 4.04. The van der Waals surface area contributed by atoms with Crippen LogP contribution < -0.4 is 5.32 Å². The van der Waals surface area contributed by atoms with Crippen molar-refractivity contribution in [2.24, 2.45) is 7.05 Å².